The van der Waals surface area contributed by atoms with Crippen molar-refractivity contribution in [3.8, 4) is 0 Å². The summed E-state index contributed by atoms with van der Waals surface area (Å²) in [5.74, 6) is 0.137. The van der Waals surface area contributed by atoms with Crippen molar-refractivity contribution < 1.29 is 10.2 Å². The maximum Gasteiger partial charge on any atom is 0.0801 e. The van der Waals surface area contributed by atoms with Gasteiger partial charge in [-0.2, -0.15) is 0 Å². The Hall–Kier alpha value is -0.0800. The summed E-state index contributed by atoms with van der Waals surface area (Å²) in [6, 6.07) is 0. The molecule has 0 aliphatic rings. The van der Waals surface area contributed by atoms with Gasteiger partial charge in [0.15, 0.2) is 0 Å². The van der Waals surface area contributed by atoms with Crippen LogP contribution in [0, 0.1) is 11.3 Å². The molecule has 0 fully saturated rings. The van der Waals surface area contributed by atoms with Crippen molar-refractivity contribution in [2.75, 3.05) is 6.61 Å². The molecule has 0 aromatic heterocycles. The van der Waals surface area contributed by atoms with E-state index >= 15 is 0 Å². The third-order valence-corrected chi connectivity index (χ3v) is 2.13. The fraction of sp³-hybridized carbons (Fsp3) is 1.00. The monoisotopic (exact) mass is 146 g/mol. The second kappa shape index (κ2) is 3.35. The molecule has 10 heavy (non-hydrogen) atoms. The molecule has 0 amide bonds. The summed E-state index contributed by atoms with van der Waals surface area (Å²) in [5, 5.41) is 17.8. The van der Waals surface area contributed by atoms with Gasteiger partial charge in [0.1, 0.15) is 0 Å². The largest absolute Gasteiger partial charge is 0.394 e. The zero-order valence-corrected chi connectivity index (χ0v) is 7.26. The van der Waals surface area contributed by atoms with Gasteiger partial charge in [-0.05, 0) is 11.3 Å². The standard InChI is InChI=1S/C8H18O2/c1-6(7(10)5-9)8(2,3)4/h6-7,9-10H,5H2,1-4H3. The Morgan fingerprint density at radius 3 is 1.80 bits per heavy atom. The van der Waals surface area contributed by atoms with Gasteiger partial charge in [0.2, 0.25) is 0 Å². The number of hydrogen-bond acceptors (Lipinski definition) is 2. The van der Waals surface area contributed by atoms with Crippen molar-refractivity contribution in [3.05, 3.63) is 0 Å². The summed E-state index contributed by atoms with van der Waals surface area (Å²) in [6.45, 7) is 7.96. The SMILES string of the molecule is CC(C(O)CO)C(C)(C)C. The highest BCUT2D eigenvalue weighted by Gasteiger charge is 2.25. The van der Waals surface area contributed by atoms with E-state index in [1.54, 1.807) is 0 Å². The van der Waals surface area contributed by atoms with Gasteiger partial charge in [0, 0.05) is 0 Å². The van der Waals surface area contributed by atoms with E-state index in [1.165, 1.54) is 0 Å². The minimum atomic E-state index is -0.583. The molecule has 2 atom stereocenters. The average molecular weight is 146 g/mol. The van der Waals surface area contributed by atoms with E-state index < -0.39 is 6.10 Å². The normalized spacial score (nSPS) is 18.6. The molecule has 0 saturated carbocycles. The minimum Gasteiger partial charge on any atom is -0.394 e. The van der Waals surface area contributed by atoms with Crippen LogP contribution in [-0.2, 0) is 0 Å². The molecule has 0 aromatic carbocycles. The van der Waals surface area contributed by atoms with Crippen LogP contribution < -0.4 is 0 Å². The van der Waals surface area contributed by atoms with Crippen LogP contribution in [0.5, 0.6) is 0 Å². The predicted octanol–water partition coefficient (Wildman–Crippen LogP) is 1.02. The van der Waals surface area contributed by atoms with Crippen molar-refractivity contribution in [2.45, 2.75) is 33.8 Å². The van der Waals surface area contributed by atoms with E-state index in [-0.39, 0.29) is 17.9 Å². The first-order valence-electron chi connectivity index (χ1n) is 3.68. The van der Waals surface area contributed by atoms with Crippen molar-refractivity contribution in [3.63, 3.8) is 0 Å². The zero-order valence-electron chi connectivity index (χ0n) is 7.26. The van der Waals surface area contributed by atoms with E-state index in [0.29, 0.717) is 0 Å². The van der Waals surface area contributed by atoms with Crippen molar-refractivity contribution in [1.29, 1.82) is 0 Å². The molecule has 0 aromatic rings. The van der Waals surface area contributed by atoms with Crippen LogP contribution in [-0.4, -0.2) is 22.9 Å². The highest BCUT2D eigenvalue weighted by Crippen LogP contribution is 2.27. The van der Waals surface area contributed by atoms with Gasteiger partial charge in [0.05, 0.1) is 12.7 Å². The molecule has 0 saturated heterocycles. The number of aliphatic hydroxyl groups excluding tert-OH is 2. The van der Waals surface area contributed by atoms with Crippen LogP contribution in [0.3, 0.4) is 0 Å². The fourth-order valence-electron chi connectivity index (χ4n) is 0.735. The zero-order chi connectivity index (χ0) is 8.36. The fourth-order valence-corrected chi connectivity index (χ4v) is 0.735. The molecule has 0 spiro atoms. The third-order valence-electron chi connectivity index (χ3n) is 2.13. The van der Waals surface area contributed by atoms with Crippen LogP contribution in [0.4, 0.5) is 0 Å². The van der Waals surface area contributed by atoms with E-state index in [9.17, 15) is 5.11 Å². The summed E-state index contributed by atoms with van der Waals surface area (Å²) in [6.07, 6.45) is -0.583. The van der Waals surface area contributed by atoms with Crippen LogP contribution in [0.2, 0.25) is 0 Å². The lowest BCUT2D eigenvalue weighted by Gasteiger charge is -2.30. The molecule has 0 rings (SSSR count). The predicted molar refractivity (Wildman–Crippen MR) is 41.7 cm³/mol. The topological polar surface area (TPSA) is 40.5 Å². The summed E-state index contributed by atoms with van der Waals surface area (Å²) >= 11 is 0. The lowest BCUT2D eigenvalue weighted by atomic mass is 9.79. The lowest BCUT2D eigenvalue weighted by molar-refractivity contribution is 0.0109. The highest BCUT2D eigenvalue weighted by atomic mass is 16.3. The Labute approximate surface area is 62.9 Å². The van der Waals surface area contributed by atoms with Crippen LogP contribution in [0.1, 0.15) is 27.7 Å². The summed E-state index contributed by atoms with van der Waals surface area (Å²) < 4.78 is 0. The Balaban J connectivity index is 3.94. The van der Waals surface area contributed by atoms with E-state index in [0.717, 1.165) is 0 Å². The van der Waals surface area contributed by atoms with Gasteiger partial charge < -0.3 is 10.2 Å². The Morgan fingerprint density at radius 2 is 1.70 bits per heavy atom. The van der Waals surface area contributed by atoms with Gasteiger partial charge in [-0.3, -0.25) is 0 Å². The molecule has 2 N–H and O–H groups in total. The minimum absolute atomic E-state index is 0.0716. The van der Waals surface area contributed by atoms with Gasteiger partial charge in [-0.1, -0.05) is 27.7 Å². The Kier molecular flexibility index (Phi) is 3.33. The summed E-state index contributed by atoms with van der Waals surface area (Å²) in [5.41, 5.74) is 0.0716. The smallest absolute Gasteiger partial charge is 0.0801 e. The van der Waals surface area contributed by atoms with Crippen LogP contribution >= 0.6 is 0 Å². The van der Waals surface area contributed by atoms with E-state index in [4.69, 9.17) is 5.11 Å². The Bertz CT molecular complexity index is 93.9. The summed E-state index contributed by atoms with van der Waals surface area (Å²) in [7, 11) is 0. The molecule has 0 bridgehead atoms. The molecule has 0 radical (unpaired) electrons. The summed E-state index contributed by atoms with van der Waals surface area (Å²) in [4.78, 5) is 0. The molecular weight excluding hydrogens is 128 g/mol. The average Bonchev–Trinajstić information content (AvgIpc) is 1.83. The van der Waals surface area contributed by atoms with Gasteiger partial charge >= 0.3 is 0 Å². The molecule has 0 aliphatic heterocycles. The molecule has 62 valence electrons. The van der Waals surface area contributed by atoms with Gasteiger partial charge in [0.25, 0.3) is 0 Å². The van der Waals surface area contributed by atoms with Crippen LogP contribution in [0.25, 0.3) is 0 Å². The second-order valence-corrected chi connectivity index (χ2v) is 3.90. The van der Waals surface area contributed by atoms with Gasteiger partial charge in [-0.15, -0.1) is 0 Å². The molecule has 0 aliphatic carbocycles. The van der Waals surface area contributed by atoms with E-state index in [1.807, 2.05) is 6.92 Å². The van der Waals surface area contributed by atoms with Crippen molar-refractivity contribution >= 4 is 0 Å². The third kappa shape index (κ3) is 2.67. The first kappa shape index (κ1) is 9.92. The number of hydrogen-bond donors (Lipinski definition) is 2. The first-order chi connectivity index (χ1) is 4.39. The molecule has 2 heteroatoms. The highest BCUT2D eigenvalue weighted by molar-refractivity contribution is 4.75. The molecule has 2 unspecified atom stereocenters. The van der Waals surface area contributed by atoms with Gasteiger partial charge in [-0.25, -0.2) is 0 Å². The second-order valence-electron chi connectivity index (χ2n) is 3.90. The lowest BCUT2D eigenvalue weighted by Crippen LogP contribution is -2.32. The Morgan fingerprint density at radius 1 is 1.30 bits per heavy atom. The number of aliphatic hydroxyl groups is 2. The van der Waals surface area contributed by atoms with E-state index in [2.05, 4.69) is 20.8 Å². The van der Waals surface area contributed by atoms with Crippen molar-refractivity contribution in [1.82, 2.24) is 0 Å². The maximum atomic E-state index is 9.21. The molecule has 0 heterocycles. The maximum absolute atomic E-state index is 9.21. The quantitative estimate of drug-likeness (QED) is 0.610. The molecular formula is C8H18O2. The molecule has 2 nitrogen and oxygen atoms in total. The first-order valence-corrected chi connectivity index (χ1v) is 3.68. The van der Waals surface area contributed by atoms with Crippen LogP contribution in [0.15, 0.2) is 0 Å². The van der Waals surface area contributed by atoms with Crippen molar-refractivity contribution in [2.24, 2.45) is 11.3 Å². The number of rotatable bonds is 2.